The molecule has 0 spiro atoms. The predicted octanol–water partition coefficient (Wildman–Crippen LogP) is 2.36. The molecule has 170 valence electrons. The number of fused-ring (bicyclic) bond motifs is 3. The maximum atomic E-state index is 13.6. The number of carbonyl (C=O) groups is 3. The molecule has 33 heavy (non-hydrogen) atoms. The summed E-state index contributed by atoms with van der Waals surface area (Å²) in [5.74, 6) is -1.84. The second-order valence-electron chi connectivity index (χ2n) is 8.65. The number of likely N-dealkylation sites (tertiary alicyclic amines) is 1. The van der Waals surface area contributed by atoms with Crippen LogP contribution in [0.5, 0.6) is 0 Å². The van der Waals surface area contributed by atoms with Gasteiger partial charge >= 0.3 is 5.97 Å². The number of aliphatic imine (C=N–C) groups is 1. The summed E-state index contributed by atoms with van der Waals surface area (Å²) in [7, 11) is 2.84. The second kappa shape index (κ2) is 8.33. The number of hydrogen-bond donors (Lipinski definition) is 0. The largest absolute Gasteiger partial charge is 0.467 e. The standard InChI is InChI=1S/C25H25N3O4S/c1-27-21(29)19-18-14-26-24(33-15-17-11-7-4-8-12-17)28(18)25(23(31)32-2,20(19)22(27)30)13-16-9-5-3-6-10-16/h3-12,18-20H,13-15H2,1-2H3/t18-,19+,20-,25-/m1/s1. The van der Waals surface area contributed by atoms with Gasteiger partial charge in [0.25, 0.3) is 0 Å². The minimum Gasteiger partial charge on any atom is -0.467 e. The van der Waals surface area contributed by atoms with Crippen molar-refractivity contribution in [3.8, 4) is 0 Å². The monoisotopic (exact) mass is 463 g/mol. The maximum absolute atomic E-state index is 13.6. The molecule has 0 saturated carbocycles. The number of benzene rings is 2. The lowest BCUT2D eigenvalue weighted by Gasteiger charge is -2.40. The summed E-state index contributed by atoms with van der Waals surface area (Å²) in [5, 5.41) is 0.683. The summed E-state index contributed by atoms with van der Waals surface area (Å²) in [5.41, 5.74) is 0.699. The lowest BCUT2D eigenvalue weighted by molar-refractivity contribution is -0.157. The predicted molar refractivity (Wildman–Crippen MR) is 125 cm³/mol. The van der Waals surface area contributed by atoms with Gasteiger partial charge in [0, 0.05) is 19.2 Å². The molecule has 5 rings (SSSR count). The van der Waals surface area contributed by atoms with E-state index in [0.717, 1.165) is 11.1 Å². The topological polar surface area (TPSA) is 79.3 Å². The number of rotatable bonds is 5. The Hall–Kier alpha value is -3.13. The SMILES string of the molecule is COC(=O)[C@@]1(Cc2ccccc2)[C@H]2C(=O)N(C)C(=O)[C@H]2[C@H]2CN=C(SCc3ccccc3)N21. The van der Waals surface area contributed by atoms with E-state index in [1.807, 2.05) is 65.6 Å². The van der Waals surface area contributed by atoms with E-state index < -0.39 is 23.3 Å². The lowest BCUT2D eigenvalue weighted by atomic mass is 9.76. The first-order chi connectivity index (χ1) is 16.0. The highest BCUT2D eigenvalue weighted by atomic mass is 32.2. The molecule has 8 heteroatoms. The third-order valence-electron chi connectivity index (χ3n) is 6.95. The highest BCUT2D eigenvalue weighted by molar-refractivity contribution is 8.13. The molecule has 3 heterocycles. The Morgan fingerprint density at radius 1 is 1.06 bits per heavy atom. The van der Waals surface area contributed by atoms with Crippen LogP contribution < -0.4 is 0 Å². The zero-order chi connectivity index (χ0) is 23.2. The van der Waals surface area contributed by atoms with Crippen LogP contribution in [0, 0.1) is 11.8 Å². The number of ether oxygens (including phenoxy) is 1. The third kappa shape index (κ3) is 3.27. The van der Waals surface area contributed by atoms with Gasteiger partial charge in [0.05, 0.1) is 31.5 Å². The molecule has 0 unspecified atom stereocenters. The van der Waals surface area contributed by atoms with Crippen molar-refractivity contribution < 1.29 is 19.1 Å². The van der Waals surface area contributed by atoms with E-state index >= 15 is 0 Å². The van der Waals surface area contributed by atoms with Gasteiger partial charge in [-0.1, -0.05) is 72.4 Å². The van der Waals surface area contributed by atoms with Crippen molar-refractivity contribution in [2.24, 2.45) is 16.8 Å². The Morgan fingerprint density at radius 3 is 2.33 bits per heavy atom. The van der Waals surface area contributed by atoms with E-state index in [-0.39, 0.29) is 24.3 Å². The number of nitrogens with zero attached hydrogens (tertiary/aromatic N) is 3. The number of amidine groups is 1. The summed E-state index contributed by atoms with van der Waals surface area (Å²) in [6.45, 7) is 0.374. The average Bonchev–Trinajstić information content (AvgIpc) is 3.46. The van der Waals surface area contributed by atoms with Gasteiger partial charge in [0.2, 0.25) is 11.8 Å². The van der Waals surface area contributed by atoms with Crippen molar-refractivity contribution in [2.75, 3.05) is 20.7 Å². The van der Waals surface area contributed by atoms with Gasteiger partial charge in [0.1, 0.15) is 0 Å². The van der Waals surface area contributed by atoms with Gasteiger partial charge in [-0.2, -0.15) is 0 Å². The van der Waals surface area contributed by atoms with Gasteiger partial charge in [-0.05, 0) is 11.1 Å². The van der Waals surface area contributed by atoms with E-state index in [0.29, 0.717) is 17.5 Å². The third-order valence-corrected chi connectivity index (χ3v) is 8.01. The summed E-state index contributed by atoms with van der Waals surface area (Å²) in [6.07, 6.45) is 0.260. The zero-order valence-electron chi connectivity index (χ0n) is 18.5. The Bertz CT molecular complexity index is 1120. The molecule has 3 aliphatic heterocycles. The fourth-order valence-electron chi connectivity index (χ4n) is 5.50. The molecular formula is C25H25N3O4S. The normalized spacial score (nSPS) is 28.1. The summed E-state index contributed by atoms with van der Waals surface area (Å²) >= 11 is 1.53. The molecule has 0 radical (unpaired) electrons. The fourth-order valence-corrected chi connectivity index (χ4v) is 6.59. The summed E-state index contributed by atoms with van der Waals surface area (Å²) in [4.78, 5) is 48.0. The van der Waals surface area contributed by atoms with Gasteiger partial charge in [-0.15, -0.1) is 0 Å². The highest BCUT2D eigenvalue weighted by Crippen LogP contribution is 2.53. The van der Waals surface area contributed by atoms with Crippen LogP contribution in [0.3, 0.4) is 0 Å². The van der Waals surface area contributed by atoms with Crippen LogP contribution in [-0.2, 0) is 31.3 Å². The smallest absolute Gasteiger partial charge is 0.333 e. The quantitative estimate of drug-likeness (QED) is 0.500. The molecule has 4 atom stereocenters. The molecular weight excluding hydrogens is 438 g/mol. The van der Waals surface area contributed by atoms with Gasteiger partial charge in [-0.25, -0.2) is 4.79 Å². The molecule has 0 aliphatic carbocycles. The molecule has 2 saturated heterocycles. The van der Waals surface area contributed by atoms with E-state index in [1.54, 1.807) is 0 Å². The Balaban J connectivity index is 1.59. The van der Waals surface area contributed by atoms with Gasteiger partial charge in [-0.3, -0.25) is 19.5 Å². The van der Waals surface area contributed by atoms with Crippen LogP contribution in [0.2, 0.25) is 0 Å². The fraction of sp³-hybridized carbons (Fsp3) is 0.360. The van der Waals surface area contributed by atoms with Crippen LogP contribution in [-0.4, -0.2) is 65.0 Å². The Labute approximate surface area is 196 Å². The molecule has 0 aromatic heterocycles. The molecule has 0 N–H and O–H groups in total. The highest BCUT2D eigenvalue weighted by Gasteiger charge is 2.73. The molecule has 2 aromatic carbocycles. The Morgan fingerprint density at radius 2 is 1.70 bits per heavy atom. The lowest BCUT2D eigenvalue weighted by Crippen LogP contribution is -2.60. The minimum atomic E-state index is -1.33. The van der Waals surface area contributed by atoms with Gasteiger partial charge < -0.3 is 9.64 Å². The molecule has 3 aliphatic rings. The van der Waals surface area contributed by atoms with Crippen molar-refractivity contribution >= 4 is 34.7 Å². The zero-order valence-corrected chi connectivity index (χ0v) is 19.3. The van der Waals surface area contributed by atoms with Crippen molar-refractivity contribution in [3.05, 3.63) is 71.8 Å². The summed E-state index contributed by atoms with van der Waals surface area (Å²) in [6, 6.07) is 19.2. The number of methoxy groups -OCH3 is 1. The van der Waals surface area contributed by atoms with Crippen molar-refractivity contribution in [1.29, 1.82) is 0 Å². The van der Waals surface area contributed by atoms with Crippen LogP contribution >= 0.6 is 11.8 Å². The first-order valence-corrected chi connectivity index (χ1v) is 11.9. The minimum absolute atomic E-state index is 0.247. The first kappa shape index (κ1) is 21.7. The van der Waals surface area contributed by atoms with Crippen LogP contribution in [0.25, 0.3) is 0 Å². The second-order valence-corrected chi connectivity index (χ2v) is 9.59. The number of imide groups is 1. The average molecular weight is 464 g/mol. The maximum Gasteiger partial charge on any atom is 0.333 e. The summed E-state index contributed by atoms with van der Waals surface area (Å²) < 4.78 is 5.33. The molecule has 7 nitrogen and oxygen atoms in total. The number of thioether (sulfide) groups is 1. The first-order valence-electron chi connectivity index (χ1n) is 10.9. The number of amides is 2. The van der Waals surface area contributed by atoms with Crippen molar-refractivity contribution in [2.45, 2.75) is 23.8 Å². The van der Waals surface area contributed by atoms with Crippen molar-refractivity contribution in [1.82, 2.24) is 9.80 Å². The van der Waals surface area contributed by atoms with E-state index in [9.17, 15) is 14.4 Å². The van der Waals surface area contributed by atoms with Crippen LogP contribution in [0.4, 0.5) is 0 Å². The van der Waals surface area contributed by atoms with Crippen LogP contribution in [0.1, 0.15) is 11.1 Å². The van der Waals surface area contributed by atoms with Crippen LogP contribution in [0.15, 0.2) is 65.7 Å². The van der Waals surface area contributed by atoms with E-state index in [1.165, 1.54) is 30.8 Å². The molecule has 2 amide bonds. The van der Waals surface area contributed by atoms with Crippen molar-refractivity contribution in [3.63, 3.8) is 0 Å². The Kier molecular flexibility index (Phi) is 5.48. The number of carbonyl (C=O) groups excluding carboxylic acids is 3. The molecule has 2 fully saturated rings. The van der Waals surface area contributed by atoms with E-state index in [2.05, 4.69) is 0 Å². The number of hydrogen-bond acceptors (Lipinski definition) is 7. The molecule has 0 bridgehead atoms. The van der Waals surface area contributed by atoms with E-state index in [4.69, 9.17) is 9.73 Å². The number of esters is 1. The molecule has 2 aromatic rings. The van der Waals surface area contributed by atoms with Gasteiger partial charge in [0.15, 0.2) is 10.7 Å².